The molecule has 0 atom stereocenters. The summed E-state index contributed by atoms with van der Waals surface area (Å²) in [7, 11) is -1.67. The minimum absolute atomic E-state index is 0.0240. The molecule has 0 bridgehead atoms. The lowest BCUT2D eigenvalue weighted by Crippen LogP contribution is -2.36. The third-order valence-electron chi connectivity index (χ3n) is 5.11. The zero-order valence-electron chi connectivity index (χ0n) is 17.2. The van der Waals surface area contributed by atoms with Crippen molar-refractivity contribution in [3.63, 3.8) is 0 Å². The molecule has 0 aliphatic carbocycles. The molecule has 1 N–H and O–H groups in total. The SMILES string of the molecule is CC1CCN(CCCNC(=O)COc2ccc(CN(C)S(C)(=O)=O)cc2)CC1. The van der Waals surface area contributed by atoms with Gasteiger partial charge in [-0.05, 0) is 62.5 Å². The number of sulfonamides is 1. The van der Waals surface area contributed by atoms with E-state index in [0.29, 0.717) is 18.8 Å². The highest BCUT2D eigenvalue weighted by Gasteiger charge is 2.15. The van der Waals surface area contributed by atoms with Gasteiger partial charge in [0.1, 0.15) is 5.75 Å². The molecule has 0 saturated carbocycles. The molecule has 1 saturated heterocycles. The molecule has 0 spiro atoms. The number of carbonyl (C=O) groups is 1. The maximum atomic E-state index is 11.9. The number of rotatable bonds is 10. The van der Waals surface area contributed by atoms with Crippen molar-refractivity contribution in [3.05, 3.63) is 29.8 Å². The molecule has 0 aromatic heterocycles. The fourth-order valence-corrected chi connectivity index (χ4v) is 3.47. The summed E-state index contributed by atoms with van der Waals surface area (Å²) in [5, 5.41) is 2.89. The van der Waals surface area contributed by atoms with Gasteiger partial charge in [0, 0.05) is 20.1 Å². The highest BCUT2D eigenvalue weighted by molar-refractivity contribution is 7.88. The highest BCUT2D eigenvalue weighted by Crippen LogP contribution is 2.16. The largest absolute Gasteiger partial charge is 0.484 e. The molecule has 1 heterocycles. The molecule has 8 heteroatoms. The van der Waals surface area contributed by atoms with Crippen molar-refractivity contribution in [2.75, 3.05) is 46.1 Å². The van der Waals surface area contributed by atoms with Crippen molar-refractivity contribution in [3.8, 4) is 5.75 Å². The second kappa shape index (κ2) is 10.8. The lowest BCUT2D eigenvalue weighted by atomic mass is 9.99. The molecule has 2 rings (SSSR count). The van der Waals surface area contributed by atoms with Crippen molar-refractivity contribution in [1.29, 1.82) is 0 Å². The molecule has 1 aromatic rings. The molecule has 1 aliphatic rings. The van der Waals surface area contributed by atoms with Gasteiger partial charge in [-0.3, -0.25) is 4.79 Å². The van der Waals surface area contributed by atoms with Crippen LogP contribution in [0.2, 0.25) is 0 Å². The predicted molar refractivity (Wildman–Crippen MR) is 111 cm³/mol. The highest BCUT2D eigenvalue weighted by atomic mass is 32.2. The summed E-state index contributed by atoms with van der Waals surface area (Å²) in [5.74, 6) is 1.29. The number of ether oxygens (including phenoxy) is 1. The number of likely N-dealkylation sites (tertiary alicyclic amines) is 1. The molecule has 1 aliphatic heterocycles. The van der Waals surface area contributed by atoms with E-state index in [0.717, 1.165) is 37.5 Å². The van der Waals surface area contributed by atoms with Gasteiger partial charge in [-0.15, -0.1) is 0 Å². The van der Waals surface area contributed by atoms with Crippen molar-refractivity contribution >= 4 is 15.9 Å². The van der Waals surface area contributed by atoms with Gasteiger partial charge in [0.15, 0.2) is 6.61 Å². The number of nitrogens with one attached hydrogen (secondary N) is 1. The summed E-state index contributed by atoms with van der Waals surface area (Å²) in [6.45, 7) is 6.59. The van der Waals surface area contributed by atoms with E-state index in [1.165, 1.54) is 30.5 Å². The first-order valence-electron chi connectivity index (χ1n) is 9.86. The van der Waals surface area contributed by atoms with Crippen LogP contribution in [0.4, 0.5) is 0 Å². The van der Waals surface area contributed by atoms with E-state index in [4.69, 9.17) is 4.74 Å². The Morgan fingerprint density at radius 2 is 1.89 bits per heavy atom. The number of hydrogen-bond acceptors (Lipinski definition) is 5. The van der Waals surface area contributed by atoms with Crippen LogP contribution >= 0.6 is 0 Å². The van der Waals surface area contributed by atoms with E-state index >= 15 is 0 Å². The summed E-state index contributed by atoms with van der Waals surface area (Å²) >= 11 is 0. The number of hydrogen-bond donors (Lipinski definition) is 1. The lowest BCUT2D eigenvalue weighted by molar-refractivity contribution is -0.123. The third kappa shape index (κ3) is 8.16. The summed E-state index contributed by atoms with van der Waals surface area (Å²) in [5.41, 5.74) is 0.858. The molecule has 1 amide bonds. The minimum atomic E-state index is -3.21. The number of carbonyl (C=O) groups excluding carboxylic acids is 1. The van der Waals surface area contributed by atoms with Crippen LogP contribution in [0.25, 0.3) is 0 Å². The van der Waals surface area contributed by atoms with E-state index < -0.39 is 10.0 Å². The number of amides is 1. The Morgan fingerprint density at radius 3 is 2.50 bits per heavy atom. The van der Waals surface area contributed by atoms with Gasteiger partial charge in [0.25, 0.3) is 5.91 Å². The van der Waals surface area contributed by atoms with Crippen molar-refractivity contribution in [1.82, 2.24) is 14.5 Å². The molecule has 1 fully saturated rings. The molecular weight excluding hydrogens is 378 g/mol. The predicted octanol–water partition coefficient (Wildman–Crippen LogP) is 1.70. The van der Waals surface area contributed by atoms with Gasteiger partial charge in [-0.1, -0.05) is 19.1 Å². The van der Waals surface area contributed by atoms with Crippen LogP contribution in [0.15, 0.2) is 24.3 Å². The fourth-order valence-electron chi connectivity index (χ4n) is 3.08. The van der Waals surface area contributed by atoms with Crippen LogP contribution in [-0.4, -0.2) is 69.6 Å². The molecule has 158 valence electrons. The first kappa shape index (κ1) is 22.6. The van der Waals surface area contributed by atoms with Gasteiger partial charge in [0.2, 0.25) is 10.0 Å². The van der Waals surface area contributed by atoms with Crippen LogP contribution < -0.4 is 10.1 Å². The van der Waals surface area contributed by atoms with E-state index in [-0.39, 0.29) is 12.5 Å². The summed E-state index contributed by atoms with van der Waals surface area (Å²) < 4.78 is 29.7. The van der Waals surface area contributed by atoms with E-state index in [1.54, 1.807) is 24.3 Å². The molecule has 0 unspecified atom stereocenters. The van der Waals surface area contributed by atoms with Crippen molar-refractivity contribution < 1.29 is 17.9 Å². The van der Waals surface area contributed by atoms with Crippen LogP contribution in [-0.2, 0) is 21.4 Å². The average molecular weight is 412 g/mol. The first-order chi connectivity index (χ1) is 13.2. The summed E-state index contributed by atoms with van der Waals surface area (Å²) in [6, 6.07) is 7.09. The molecule has 28 heavy (non-hydrogen) atoms. The van der Waals surface area contributed by atoms with Gasteiger partial charge < -0.3 is 15.0 Å². The van der Waals surface area contributed by atoms with E-state index in [1.807, 2.05) is 0 Å². The zero-order valence-corrected chi connectivity index (χ0v) is 18.0. The van der Waals surface area contributed by atoms with Gasteiger partial charge in [0.05, 0.1) is 6.26 Å². The van der Waals surface area contributed by atoms with Crippen molar-refractivity contribution in [2.24, 2.45) is 5.92 Å². The second-order valence-corrected chi connectivity index (χ2v) is 9.77. The Hall–Kier alpha value is -1.64. The quantitative estimate of drug-likeness (QED) is 0.593. The maximum Gasteiger partial charge on any atom is 0.257 e. The number of nitrogens with zero attached hydrogens (tertiary/aromatic N) is 2. The van der Waals surface area contributed by atoms with Crippen molar-refractivity contribution in [2.45, 2.75) is 32.7 Å². The number of benzene rings is 1. The zero-order chi connectivity index (χ0) is 20.6. The van der Waals surface area contributed by atoms with Gasteiger partial charge >= 0.3 is 0 Å². The Morgan fingerprint density at radius 1 is 1.25 bits per heavy atom. The number of piperidine rings is 1. The average Bonchev–Trinajstić information content (AvgIpc) is 2.65. The molecule has 0 radical (unpaired) electrons. The van der Waals surface area contributed by atoms with Crippen LogP contribution in [0.5, 0.6) is 5.75 Å². The smallest absolute Gasteiger partial charge is 0.257 e. The first-order valence-corrected chi connectivity index (χ1v) is 11.7. The Bertz CT molecular complexity index is 713. The fraction of sp³-hybridized carbons (Fsp3) is 0.650. The third-order valence-corrected chi connectivity index (χ3v) is 6.38. The standard InChI is InChI=1S/C20H33N3O4S/c1-17-9-13-23(14-10-17)12-4-11-21-20(24)16-27-19-7-5-18(6-8-19)15-22(2)28(3,25)26/h5-8,17H,4,9-16H2,1-3H3,(H,21,24). The monoisotopic (exact) mass is 411 g/mol. The Labute approximate surface area is 169 Å². The lowest BCUT2D eigenvalue weighted by Gasteiger charge is -2.30. The second-order valence-electron chi connectivity index (χ2n) is 7.68. The normalized spacial score (nSPS) is 16.3. The summed E-state index contributed by atoms with van der Waals surface area (Å²) in [6.07, 6.45) is 4.66. The van der Waals surface area contributed by atoms with Crippen LogP contribution in [0, 0.1) is 5.92 Å². The van der Waals surface area contributed by atoms with Crippen LogP contribution in [0.1, 0.15) is 31.7 Å². The van der Waals surface area contributed by atoms with E-state index in [9.17, 15) is 13.2 Å². The topological polar surface area (TPSA) is 79.0 Å². The summed E-state index contributed by atoms with van der Waals surface area (Å²) in [4.78, 5) is 14.4. The molecule has 1 aromatic carbocycles. The Balaban J connectivity index is 1.61. The molecule has 7 nitrogen and oxygen atoms in total. The van der Waals surface area contributed by atoms with Crippen LogP contribution in [0.3, 0.4) is 0 Å². The van der Waals surface area contributed by atoms with Gasteiger partial charge in [-0.25, -0.2) is 12.7 Å². The molecular formula is C20H33N3O4S. The van der Waals surface area contributed by atoms with Gasteiger partial charge in [-0.2, -0.15) is 0 Å². The van der Waals surface area contributed by atoms with E-state index in [2.05, 4.69) is 17.1 Å². The maximum absolute atomic E-state index is 11.9. The Kier molecular flexibility index (Phi) is 8.72. The minimum Gasteiger partial charge on any atom is -0.484 e.